The number of nitrogens with two attached hydrogens (primary N) is 1. The van der Waals surface area contributed by atoms with Crippen LogP contribution in [0.15, 0.2) is 42.5 Å². The Hall–Kier alpha value is -1.83. The Morgan fingerprint density at radius 3 is 2.61 bits per heavy atom. The lowest BCUT2D eigenvalue weighted by Crippen LogP contribution is -1.98. The predicted molar refractivity (Wildman–Crippen MR) is 76.7 cm³/mol. The quantitative estimate of drug-likeness (QED) is 0.395. The van der Waals surface area contributed by atoms with E-state index in [-0.39, 0.29) is 17.1 Å². The Labute approximate surface area is 117 Å². The van der Waals surface area contributed by atoms with E-state index in [1.54, 1.807) is 18.2 Å². The fourth-order valence-electron chi connectivity index (χ4n) is 1.47. The highest BCUT2D eigenvalue weighted by Gasteiger charge is 2.19. The van der Waals surface area contributed by atoms with E-state index in [0.29, 0.717) is 5.75 Å². The van der Waals surface area contributed by atoms with Crippen molar-refractivity contribution < 1.29 is 9.66 Å². The Balaban J connectivity index is 2.40. The van der Waals surface area contributed by atoms with Gasteiger partial charge in [0.1, 0.15) is 11.4 Å². The first-order chi connectivity index (χ1) is 8.58. The molecule has 0 atom stereocenters. The van der Waals surface area contributed by atoms with Gasteiger partial charge in [0, 0.05) is 3.57 Å². The zero-order valence-corrected chi connectivity index (χ0v) is 11.3. The second-order valence-corrected chi connectivity index (χ2v) is 4.76. The number of nitrogens with zero attached hydrogens (tertiary/aromatic N) is 1. The lowest BCUT2D eigenvalue weighted by molar-refractivity contribution is -0.384. The third kappa shape index (κ3) is 2.70. The zero-order valence-electron chi connectivity index (χ0n) is 9.17. The third-order valence-corrected chi connectivity index (χ3v) is 2.91. The highest BCUT2D eigenvalue weighted by molar-refractivity contribution is 14.1. The van der Waals surface area contributed by atoms with Gasteiger partial charge in [0.05, 0.1) is 4.92 Å². The van der Waals surface area contributed by atoms with Gasteiger partial charge >= 0.3 is 5.69 Å². The summed E-state index contributed by atoms with van der Waals surface area (Å²) >= 11 is 2.14. The van der Waals surface area contributed by atoms with E-state index in [9.17, 15) is 10.1 Å². The van der Waals surface area contributed by atoms with E-state index in [4.69, 9.17) is 10.5 Å². The van der Waals surface area contributed by atoms with Crippen LogP contribution in [0.3, 0.4) is 0 Å². The lowest BCUT2D eigenvalue weighted by Gasteiger charge is -2.07. The van der Waals surface area contributed by atoms with Crippen LogP contribution >= 0.6 is 22.6 Å². The molecular formula is C12H9IN2O3. The maximum absolute atomic E-state index is 10.9. The van der Waals surface area contributed by atoms with E-state index >= 15 is 0 Å². The summed E-state index contributed by atoms with van der Waals surface area (Å²) in [7, 11) is 0. The van der Waals surface area contributed by atoms with Crippen molar-refractivity contribution in [3.8, 4) is 11.5 Å². The Morgan fingerprint density at radius 1 is 1.22 bits per heavy atom. The minimum absolute atomic E-state index is 0.0862. The number of halogens is 1. The van der Waals surface area contributed by atoms with Gasteiger partial charge in [-0.2, -0.15) is 0 Å². The van der Waals surface area contributed by atoms with Gasteiger partial charge in [0.25, 0.3) is 0 Å². The van der Waals surface area contributed by atoms with Crippen molar-refractivity contribution in [2.45, 2.75) is 0 Å². The summed E-state index contributed by atoms with van der Waals surface area (Å²) in [5.74, 6) is 0.678. The summed E-state index contributed by atoms with van der Waals surface area (Å²) in [5, 5.41) is 10.9. The molecule has 0 aliphatic carbocycles. The van der Waals surface area contributed by atoms with E-state index in [2.05, 4.69) is 22.6 Å². The molecule has 0 fully saturated rings. The number of hydrogen-bond acceptors (Lipinski definition) is 4. The van der Waals surface area contributed by atoms with Crippen LogP contribution in [-0.4, -0.2) is 4.92 Å². The normalized spacial score (nSPS) is 10.1. The topological polar surface area (TPSA) is 78.4 Å². The molecule has 0 radical (unpaired) electrons. The standard InChI is InChI=1S/C12H9IN2O3/c13-8-3-1-4-9(7-8)18-11-6-2-5-10(14)12(11)15(16)17/h1-7H,14H2. The lowest BCUT2D eigenvalue weighted by atomic mass is 10.2. The molecule has 2 N–H and O–H groups in total. The molecule has 0 amide bonds. The molecule has 2 rings (SSSR count). The Kier molecular flexibility index (Phi) is 3.66. The number of rotatable bonds is 3. The number of para-hydroxylation sites is 1. The van der Waals surface area contributed by atoms with Crippen molar-refractivity contribution in [1.82, 2.24) is 0 Å². The van der Waals surface area contributed by atoms with Crippen LogP contribution in [-0.2, 0) is 0 Å². The maximum Gasteiger partial charge on any atom is 0.334 e. The third-order valence-electron chi connectivity index (χ3n) is 2.24. The van der Waals surface area contributed by atoms with Gasteiger partial charge in [0.15, 0.2) is 0 Å². The monoisotopic (exact) mass is 356 g/mol. The number of benzene rings is 2. The molecule has 0 spiro atoms. The molecule has 2 aromatic rings. The number of anilines is 1. The molecule has 0 heterocycles. The number of ether oxygens (including phenoxy) is 1. The van der Waals surface area contributed by atoms with Crippen LogP contribution in [0.5, 0.6) is 11.5 Å². The molecular weight excluding hydrogens is 347 g/mol. The van der Waals surface area contributed by atoms with Gasteiger partial charge in [-0.25, -0.2) is 0 Å². The van der Waals surface area contributed by atoms with Crippen LogP contribution in [0.1, 0.15) is 0 Å². The van der Waals surface area contributed by atoms with Gasteiger partial charge < -0.3 is 10.5 Å². The number of nitrogen functional groups attached to an aromatic ring is 1. The van der Waals surface area contributed by atoms with Gasteiger partial charge in [-0.3, -0.25) is 10.1 Å². The maximum atomic E-state index is 10.9. The fourth-order valence-corrected chi connectivity index (χ4v) is 1.99. The van der Waals surface area contributed by atoms with Gasteiger partial charge in [-0.1, -0.05) is 12.1 Å². The van der Waals surface area contributed by atoms with Gasteiger partial charge in [-0.15, -0.1) is 0 Å². The SMILES string of the molecule is Nc1cccc(Oc2cccc(I)c2)c1[N+](=O)[O-]. The van der Waals surface area contributed by atoms with Crippen LogP contribution in [0, 0.1) is 13.7 Å². The number of nitro groups is 1. The first kappa shape index (κ1) is 12.6. The van der Waals surface area contributed by atoms with Crippen LogP contribution in [0.2, 0.25) is 0 Å². The van der Waals surface area contributed by atoms with Crippen molar-refractivity contribution in [2.75, 3.05) is 5.73 Å². The van der Waals surface area contributed by atoms with Crippen molar-refractivity contribution in [1.29, 1.82) is 0 Å². The second-order valence-electron chi connectivity index (χ2n) is 3.51. The predicted octanol–water partition coefficient (Wildman–Crippen LogP) is 3.57. The summed E-state index contributed by atoms with van der Waals surface area (Å²) in [4.78, 5) is 10.4. The second kappa shape index (κ2) is 5.21. The molecule has 5 nitrogen and oxygen atoms in total. The summed E-state index contributed by atoms with van der Waals surface area (Å²) in [6.45, 7) is 0. The van der Waals surface area contributed by atoms with E-state index in [0.717, 1.165) is 3.57 Å². The molecule has 0 aromatic heterocycles. The molecule has 6 heteroatoms. The minimum Gasteiger partial charge on any atom is -0.450 e. The van der Waals surface area contributed by atoms with Crippen LogP contribution < -0.4 is 10.5 Å². The first-order valence-corrected chi connectivity index (χ1v) is 6.12. The molecule has 0 bridgehead atoms. The van der Waals surface area contributed by atoms with Crippen molar-refractivity contribution >= 4 is 34.0 Å². The zero-order chi connectivity index (χ0) is 13.1. The molecule has 0 aliphatic rings. The molecule has 2 aromatic carbocycles. The molecule has 92 valence electrons. The first-order valence-electron chi connectivity index (χ1n) is 5.04. The van der Waals surface area contributed by atoms with E-state index in [1.807, 2.05) is 12.1 Å². The highest BCUT2D eigenvalue weighted by Crippen LogP contribution is 2.35. The summed E-state index contributed by atoms with van der Waals surface area (Å²) < 4.78 is 6.49. The smallest absolute Gasteiger partial charge is 0.334 e. The summed E-state index contributed by atoms with van der Waals surface area (Å²) in [6.07, 6.45) is 0. The molecule has 18 heavy (non-hydrogen) atoms. The van der Waals surface area contributed by atoms with Gasteiger partial charge in [0.2, 0.25) is 5.75 Å². The van der Waals surface area contributed by atoms with Crippen LogP contribution in [0.4, 0.5) is 11.4 Å². The summed E-state index contributed by atoms with van der Waals surface area (Å²) in [5.41, 5.74) is 5.46. The Bertz CT molecular complexity index is 602. The van der Waals surface area contributed by atoms with Crippen LogP contribution in [0.25, 0.3) is 0 Å². The summed E-state index contributed by atoms with van der Waals surface area (Å²) in [6, 6.07) is 11.8. The average Bonchev–Trinajstić information content (AvgIpc) is 2.28. The number of nitro benzene ring substituents is 1. The molecule has 0 saturated carbocycles. The van der Waals surface area contributed by atoms with Gasteiger partial charge in [-0.05, 0) is 52.9 Å². The van der Waals surface area contributed by atoms with E-state index < -0.39 is 4.92 Å². The van der Waals surface area contributed by atoms with Crippen molar-refractivity contribution in [3.63, 3.8) is 0 Å². The average molecular weight is 356 g/mol. The largest absolute Gasteiger partial charge is 0.450 e. The van der Waals surface area contributed by atoms with Crippen molar-refractivity contribution in [2.24, 2.45) is 0 Å². The molecule has 0 unspecified atom stereocenters. The fraction of sp³-hybridized carbons (Fsp3) is 0. The highest BCUT2D eigenvalue weighted by atomic mass is 127. The molecule has 0 saturated heterocycles. The molecule has 0 aliphatic heterocycles. The van der Waals surface area contributed by atoms with Crippen molar-refractivity contribution in [3.05, 3.63) is 56.1 Å². The Morgan fingerprint density at radius 2 is 1.94 bits per heavy atom. The van der Waals surface area contributed by atoms with E-state index in [1.165, 1.54) is 12.1 Å². The number of hydrogen-bond donors (Lipinski definition) is 1. The minimum atomic E-state index is -0.543.